The Bertz CT molecular complexity index is 1760. The van der Waals surface area contributed by atoms with Gasteiger partial charge in [-0.25, -0.2) is 18.5 Å². The van der Waals surface area contributed by atoms with E-state index in [2.05, 4.69) is 24.9 Å². The second-order valence-corrected chi connectivity index (χ2v) is 16.7. The number of halogens is 2. The minimum Gasteiger partial charge on any atom is -0.464 e. The van der Waals surface area contributed by atoms with E-state index in [9.17, 15) is 23.9 Å². The number of esters is 1. The summed E-state index contributed by atoms with van der Waals surface area (Å²) in [6.07, 6.45) is -5.37. The number of hydrogen-bond acceptors (Lipinski definition) is 14. The van der Waals surface area contributed by atoms with Crippen molar-refractivity contribution in [2.45, 2.75) is 78.6 Å². The van der Waals surface area contributed by atoms with E-state index in [0.29, 0.717) is 18.5 Å². The molecular formula is C30H45ClFN7O10P2. The lowest BCUT2D eigenvalue weighted by Gasteiger charge is -2.26. The SMILES string of the molecule is CCN(CC)CCc1ccccc1OP(=O)(N[C@@H](C)C(=O)OCC(C)(C)C)OP(=O)(O)OC[C@H]1O[C@@H](n2cnc3c(N)nc(Cl)nc32)C(F)C1O. The first kappa shape index (κ1) is 41.0. The first-order valence-corrected chi connectivity index (χ1v) is 19.6. The molecule has 0 amide bonds. The van der Waals surface area contributed by atoms with Crippen LogP contribution >= 0.6 is 27.2 Å². The molecule has 4 rings (SSSR count). The molecule has 0 bridgehead atoms. The van der Waals surface area contributed by atoms with Crippen LogP contribution in [0, 0.1) is 5.41 Å². The molecular weight excluding hydrogens is 735 g/mol. The number of carbonyl (C=O) groups excluding carboxylic acids is 1. The number of phosphoric ester groups is 1. The molecule has 2 aromatic heterocycles. The molecule has 0 saturated carbocycles. The first-order chi connectivity index (χ1) is 23.8. The molecule has 1 aromatic carbocycles. The third-order valence-corrected chi connectivity index (χ3v) is 11.2. The van der Waals surface area contributed by atoms with Gasteiger partial charge in [-0.05, 0) is 55.1 Å². The highest BCUT2D eigenvalue weighted by molar-refractivity contribution is 7.63. The molecule has 51 heavy (non-hydrogen) atoms. The topological polar surface area (TPSA) is 223 Å². The first-order valence-electron chi connectivity index (χ1n) is 16.2. The molecule has 1 saturated heterocycles. The fourth-order valence-electron chi connectivity index (χ4n) is 5.01. The van der Waals surface area contributed by atoms with Crippen LogP contribution in [0.25, 0.3) is 11.2 Å². The molecule has 0 aliphatic carbocycles. The van der Waals surface area contributed by atoms with Gasteiger partial charge in [-0.1, -0.05) is 52.8 Å². The predicted octanol–water partition coefficient (Wildman–Crippen LogP) is 4.43. The fraction of sp³-hybridized carbons (Fsp3) is 0.600. The number of rotatable bonds is 17. The van der Waals surface area contributed by atoms with Crippen LogP contribution in [0.3, 0.4) is 0 Å². The number of nitrogens with two attached hydrogens (primary N) is 1. The van der Waals surface area contributed by atoms with Gasteiger partial charge in [0.1, 0.15) is 29.5 Å². The highest BCUT2D eigenvalue weighted by Gasteiger charge is 2.48. The number of nitrogen functional groups attached to an aromatic ring is 1. The van der Waals surface area contributed by atoms with Gasteiger partial charge in [0.05, 0.1) is 19.5 Å². The second kappa shape index (κ2) is 16.9. The number of aliphatic hydroxyl groups excluding tert-OH is 1. The summed E-state index contributed by atoms with van der Waals surface area (Å²) >= 11 is 5.90. The van der Waals surface area contributed by atoms with E-state index in [1.54, 1.807) is 18.2 Å². The number of benzene rings is 1. The zero-order valence-electron chi connectivity index (χ0n) is 29.1. The van der Waals surface area contributed by atoms with Crippen molar-refractivity contribution in [1.29, 1.82) is 0 Å². The number of carbonyl (C=O) groups is 1. The molecule has 3 aromatic rings. The Labute approximate surface area is 300 Å². The third-order valence-electron chi connectivity index (χ3n) is 7.74. The summed E-state index contributed by atoms with van der Waals surface area (Å²) in [6, 6.07) is 5.25. The van der Waals surface area contributed by atoms with Gasteiger partial charge < -0.3 is 34.6 Å². The van der Waals surface area contributed by atoms with Crippen molar-refractivity contribution in [3.63, 3.8) is 0 Å². The monoisotopic (exact) mass is 779 g/mol. The number of phosphoric acid groups is 1. The molecule has 5 N–H and O–H groups in total. The van der Waals surface area contributed by atoms with Gasteiger partial charge in [-0.15, -0.1) is 0 Å². The standard InChI is InChI=1S/C30H45ClFN7O10P2/c1-7-38(8-2)14-13-19-11-9-10-12-20(19)48-50(42,37-18(3)28(41)45-16-30(4,5)6)49-51(43,44)46-15-21-24(40)22(32)27(47-21)39-17-34-23-25(33)35-29(31)36-26(23)39/h9-12,17-18,21-22,24,27,40H,7-8,13-16H2,1-6H3,(H,37,42)(H,43,44)(H2,33,35,36)/t18-,21+,22?,24?,27+,50?/m0/s1. The van der Waals surface area contributed by atoms with Crippen molar-refractivity contribution in [3.05, 3.63) is 41.4 Å². The fourth-order valence-corrected chi connectivity index (χ4v) is 8.18. The summed E-state index contributed by atoms with van der Waals surface area (Å²) in [7, 11) is -10.3. The zero-order chi connectivity index (χ0) is 37.7. The van der Waals surface area contributed by atoms with Gasteiger partial charge in [0, 0.05) is 6.54 Å². The minimum absolute atomic E-state index is 0.0155. The quantitative estimate of drug-likeness (QED) is 0.0845. The number of likely N-dealkylation sites (N-methyl/N-ethyl adjacent to an activating group) is 1. The molecule has 284 valence electrons. The summed E-state index contributed by atoms with van der Waals surface area (Å²) in [4.78, 5) is 37.6. The molecule has 21 heteroatoms. The number of hydrogen-bond donors (Lipinski definition) is 4. The van der Waals surface area contributed by atoms with E-state index < -0.39 is 58.8 Å². The van der Waals surface area contributed by atoms with Crippen LogP contribution in [0.15, 0.2) is 30.6 Å². The van der Waals surface area contributed by atoms with Crippen LogP contribution in [0.1, 0.15) is 53.3 Å². The Morgan fingerprint density at radius 2 is 1.92 bits per heavy atom. The summed E-state index contributed by atoms with van der Waals surface area (Å²) in [5.41, 5.74) is 6.17. The van der Waals surface area contributed by atoms with Gasteiger partial charge in [0.25, 0.3) is 0 Å². The lowest BCUT2D eigenvalue weighted by Crippen LogP contribution is -2.36. The number of para-hydroxylation sites is 1. The number of ether oxygens (including phenoxy) is 2. The van der Waals surface area contributed by atoms with Gasteiger partial charge in [-0.3, -0.25) is 13.9 Å². The average Bonchev–Trinajstić information content (AvgIpc) is 3.59. The molecule has 1 aliphatic rings. The number of aromatic nitrogens is 4. The predicted molar refractivity (Wildman–Crippen MR) is 186 cm³/mol. The van der Waals surface area contributed by atoms with E-state index in [1.807, 2.05) is 34.6 Å². The maximum Gasteiger partial charge on any atom is 0.481 e. The maximum absolute atomic E-state index is 15.3. The number of nitrogens with one attached hydrogen (secondary N) is 1. The van der Waals surface area contributed by atoms with E-state index in [4.69, 9.17) is 40.2 Å². The number of anilines is 1. The Morgan fingerprint density at radius 3 is 2.59 bits per heavy atom. The van der Waals surface area contributed by atoms with Crippen LogP contribution in [-0.4, -0.2) is 97.7 Å². The van der Waals surface area contributed by atoms with E-state index in [0.717, 1.165) is 24.0 Å². The summed E-state index contributed by atoms with van der Waals surface area (Å²) in [5, 5.41) is 12.8. The smallest absolute Gasteiger partial charge is 0.464 e. The van der Waals surface area contributed by atoms with Crippen LogP contribution in [0.5, 0.6) is 5.75 Å². The van der Waals surface area contributed by atoms with E-state index >= 15 is 4.39 Å². The number of imidazole rings is 1. The summed E-state index contributed by atoms with van der Waals surface area (Å²) < 4.78 is 70.9. The van der Waals surface area contributed by atoms with Gasteiger partial charge in [0.15, 0.2) is 23.9 Å². The molecule has 4 unspecified atom stereocenters. The number of fused-ring (bicyclic) bond motifs is 1. The lowest BCUT2D eigenvalue weighted by atomic mass is 9.99. The zero-order valence-corrected chi connectivity index (χ0v) is 31.7. The number of aliphatic hydroxyl groups is 1. The highest BCUT2D eigenvalue weighted by atomic mass is 35.5. The Hall–Kier alpha value is -2.76. The van der Waals surface area contributed by atoms with Crippen molar-refractivity contribution in [2.24, 2.45) is 5.41 Å². The maximum atomic E-state index is 15.3. The molecule has 17 nitrogen and oxygen atoms in total. The van der Waals surface area contributed by atoms with Crippen molar-refractivity contribution < 1.29 is 51.1 Å². The molecule has 7 atom stereocenters. The van der Waals surface area contributed by atoms with Crippen LogP contribution < -0.4 is 15.3 Å². The number of nitrogens with zero attached hydrogens (tertiary/aromatic N) is 5. The Balaban J connectivity index is 1.52. The van der Waals surface area contributed by atoms with E-state index in [1.165, 1.54) is 13.0 Å². The highest BCUT2D eigenvalue weighted by Crippen LogP contribution is 2.61. The molecule has 1 fully saturated rings. The largest absolute Gasteiger partial charge is 0.481 e. The van der Waals surface area contributed by atoms with Crippen LogP contribution in [0.2, 0.25) is 5.28 Å². The van der Waals surface area contributed by atoms with Crippen molar-refractivity contribution in [3.8, 4) is 5.75 Å². The molecule has 0 spiro atoms. The Kier molecular flexibility index (Phi) is 13.6. The second-order valence-electron chi connectivity index (χ2n) is 13.0. The van der Waals surface area contributed by atoms with Crippen molar-refractivity contribution in [1.82, 2.24) is 29.5 Å². The van der Waals surface area contributed by atoms with Crippen molar-refractivity contribution in [2.75, 3.05) is 38.6 Å². The third kappa shape index (κ3) is 10.9. The van der Waals surface area contributed by atoms with Crippen LogP contribution in [0.4, 0.5) is 10.2 Å². The summed E-state index contributed by atoms with van der Waals surface area (Å²) in [5.74, 6) is -0.839. The van der Waals surface area contributed by atoms with E-state index in [-0.39, 0.29) is 40.0 Å². The molecule has 3 heterocycles. The molecule has 1 aliphatic heterocycles. The van der Waals surface area contributed by atoms with Gasteiger partial charge in [-0.2, -0.15) is 19.4 Å². The van der Waals surface area contributed by atoms with Gasteiger partial charge in [0.2, 0.25) is 5.28 Å². The lowest BCUT2D eigenvalue weighted by molar-refractivity contribution is -0.148. The average molecular weight is 780 g/mol. The van der Waals surface area contributed by atoms with Crippen LogP contribution in [-0.2, 0) is 38.7 Å². The summed E-state index contributed by atoms with van der Waals surface area (Å²) in [6.45, 7) is 12.2. The normalized spacial score (nSPS) is 22.5. The number of alkyl halides is 1. The minimum atomic E-state index is -5.36. The van der Waals surface area contributed by atoms with Gasteiger partial charge >= 0.3 is 21.5 Å². The Morgan fingerprint density at radius 1 is 1.24 bits per heavy atom. The molecule has 0 radical (unpaired) electrons. The van der Waals surface area contributed by atoms with Crippen molar-refractivity contribution >= 4 is 50.1 Å².